The van der Waals surface area contributed by atoms with Crippen LogP contribution in [0.5, 0.6) is 11.5 Å². The maximum Gasteiger partial charge on any atom is 0.156 e. The van der Waals surface area contributed by atoms with Crippen molar-refractivity contribution in [2.24, 2.45) is 0 Å². The summed E-state index contributed by atoms with van der Waals surface area (Å²) in [6, 6.07) is 6.67. The van der Waals surface area contributed by atoms with E-state index in [-0.39, 0.29) is 5.82 Å². The molecule has 2 aliphatic rings. The zero-order valence-electron chi connectivity index (χ0n) is 18.1. The van der Waals surface area contributed by atoms with E-state index in [1.165, 1.54) is 12.1 Å². The summed E-state index contributed by atoms with van der Waals surface area (Å²) in [5.74, 6) is 1.04. The third kappa shape index (κ3) is 3.51. The number of piperazine rings is 1. The Kier molecular flexibility index (Phi) is 5.39. The molecule has 1 unspecified atom stereocenters. The number of benzene rings is 2. The van der Waals surface area contributed by atoms with Gasteiger partial charge in [0.2, 0.25) is 0 Å². The zero-order chi connectivity index (χ0) is 21.6. The fraction of sp³-hybridized carbons (Fsp3) is 0.458. The number of rotatable bonds is 2. The molecule has 0 aromatic heterocycles. The lowest BCUT2D eigenvalue weighted by molar-refractivity contribution is 0.119. The molecule has 2 heterocycles. The van der Waals surface area contributed by atoms with Gasteiger partial charge in [-0.1, -0.05) is 12.2 Å². The van der Waals surface area contributed by atoms with Gasteiger partial charge in [0.1, 0.15) is 22.3 Å². The molecule has 4 nitrogen and oxygen atoms in total. The molecule has 0 spiro atoms. The molecular weight excluding hydrogens is 399 g/mol. The highest BCUT2D eigenvalue weighted by molar-refractivity contribution is 7.80. The summed E-state index contributed by atoms with van der Waals surface area (Å²) in [7, 11) is 0. The zero-order valence-corrected chi connectivity index (χ0v) is 18.9. The first kappa shape index (κ1) is 20.9. The van der Waals surface area contributed by atoms with Gasteiger partial charge >= 0.3 is 0 Å². The van der Waals surface area contributed by atoms with Gasteiger partial charge in [0.05, 0.1) is 0 Å². The topological polar surface area (TPSA) is 35.9 Å². The second-order valence-electron chi connectivity index (χ2n) is 8.62. The van der Waals surface area contributed by atoms with Crippen molar-refractivity contribution in [1.82, 2.24) is 4.90 Å². The molecule has 2 aromatic carbocycles. The molecule has 0 bridgehead atoms. The monoisotopic (exact) mass is 428 g/mol. The van der Waals surface area contributed by atoms with Crippen LogP contribution in [0.3, 0.4) is 0 Å². The van der Waals surface area contributed by atoms with Crippen molar-refractivity contribution in [3.8, 4) is 11.5 Å². The number of fused-ring (bicyclic) bond motifs is 1. The first-order valence-electron chi connectivity index (χ1n) is 10.5. The smallest absolute Gasteiger partial charge is 0.156 e. The number of thiocarbonyl (C=S) groups is 1. The van der Waals surface area contributed by atoms with E-state index in [1.54, 1.807) is 0 Å². The van der Waals surface area contributed by atoms with Crippen LogP contribution < -0.4 is 9.64 Å². The van der Waals surface area contributed by atoms with Gasteiger partial charge in [-0.3, -0.25) is 0 Å². The van der Waals surface area contributed by atoms with E-state index in [9.17, 15) is 9.50 Å². The standard InChI is InChI=1S/C24H29FN2O2S/c1-15-16(2)22-20(17(3)21(15)28)9-10-24(4,29-22)23(30)27-13-11-26(12-14-27)19-7-5-18(25)6-8-19/h5-8,28H,9-14H2,1-4H3. The number of hydrogen-bond acceptors (Lipinski definition) is 4. The van der Waals surface area contributed by atoms with Crippen molar-refractivity contribution >= 4 is 22.9 Å². The first-order chi connectivity index (χ1) is 14.2. The molecule has 1 atom stereocenters. The lowest BCUT2D eigenvalue weighted by atomic mass is 9.86. The van der Waals surface area contributed by atoms with Crippen molar-refractivity contribution < 1.29 is 14.2 Å². The summed E-state index contributed by atoms with van der Waals surface area (Å²) in [5, 5.41) is 10.4. The summed E-state index contributed by atoms with van der Waals surface area (Å²) in [6.45, 7) is 11.3. The fourth-order valence-corrected chi connectivity index (χ4v) is 4.88. The molecule has 1 N–H and O–H groups in total. The molecular formula is C24H29FN2O2S. The minimum Gasteiger partial charge on any atom is -0.507 e. The predicted octanol–water partition coefficient (Wildman–Crippen LogP) is 4.69. The number of phenols is 1. The molecule has 0 radical (unpaired) electrons. The van der Waals surface area contributed by atoms with Crippen molar-refractivity contribution in [3.05, 3.63) is 52.3 Å². The summed E-state index contributed by atoms with van der Waals surface area (Å²) in [6.07, 6.45) is 1.63. The Labute approximate surface area is 183 Å². The number of ether oxygens (including phenoxy) is 1. The molecule has 1 saturated heterocycles. The Bertz CT molecular complexity index is 984. The van der Waals surface area contributed by atoms with Gasteiger partial charge in [0.25, 0.3) is 0 Å². The van der Waals surface area contributed by atoms with Crippen LogP contribution in [0.4, 0.5) is 10.1 Å². The highest BCUT2D eigenvalue weighted by atomic mass is 32.1. The minimum atomic E-state index is -0.541. The Morgan fingerprint density at radius 1 is 1.03 bits per heavy atom. The third-order valence-electron chi connectivity index (χ3n) is 6.73. The number of aromatic hydroxyl groups is 1. The number of nitrogens with zero attached hydrogens (tertiary/aromatic N) is 2. The van der Waals surface area contributed by atoms with Crippen LogP contribution in [0, 0.1) is 26.6 Å². The molecule has 0 aliphatic carbocycles. The van der Waals surface area contributed by atoms with E-state index in [4.69, 9.17) is 17.0 Å². The number of anilines is 1. The Hall–Kier alpha value is -2.34. The SMILES string of the molecule is Cc1c(C)c2c(c(C)c1O)CCC(C)(C(=S)N1CCN(c3ccc(F)cc3)CC1)O2. The number of phenolic OH excluding ortho intramolecular Hbond substituents is 1. The molecule has 160 valence electrons. The molecule has 0 amide bonds. The Morgan fingerprint density at radius 2 is 1.67 bits per heavy atom. The summed E-state index contributed by atoms with van der Waals surface area (Å²) >= 11 is 5.93. The van der Waals surface area contributed by atoms with Crippen LogP contribution >= 0.6 is 12.2 Å². The summed E-state index contributed by atoms with van der Waals surface area (Å²) in [5.41, 5.74) is 4.36. The van der Waals surface area contributed by atoms with Crippen LogP contribution in [0.25, 0.3) is 0 Å². The lowest BCUT2D eigenvalue weighted by Gasteiger charge is -2.44. The summed E-state index contributed by atoms with van der Waals surface area (Å²) in [4.78, 5) is 5.35. The van der Waals surface area contributed by atoms with Crippen molar-refractivity contribution in [2.45, 2.75) is 46.1 Å². The van der Waals surface area contributed by atoms with Crippen LogP contribution in [0.15, 0.2) is 24.3 Å². The van der Waals surface area contributed by atoms with E-state index < -0.39 is 5.60 Å². The van der Waals surface area contributed by atoms with Gasteiger partial charge in [0, 0.05) is 37.4 Å². The van der Waals surface area contributed by atoms with Crippen LogP contribution in [0.2, 0.25) is 0 Å². The second kappa shape index (κ2) is 7.73. The first-order valence-corrected chi connectivity index (χ1v) is 10.9. The van der Waals surface area contributed by atoms with E-state index in [0.29, 0.717) is 5.75 Å². The van der Waals surface area contributed by atoms with Crippen molar-refractivity contribution in [1.29, 1.82) is 0 Å². The van der Waals surface area contributed by atoms with Gasteiger partial charge in [-0.25, -0.2) is 4.39 Å². The summed E-state index contributed by atoms with van der Waals surface area (Å²) < 4.78 is 19.8. The van der Waals surface area contributed by atoms with Crippen LogP contribution in [-0.2, 0) is 6.42 Å². The normalized spacial score (nSPS) is 21.2. The maximum absolute atomic E-state index is 13.2. The minimum absolute atomic E-state index is 0.213. The van der Waals surface area contributed by atoms with Crippen LogP contribution in [0.1, 0.15) is 35.6 Å². The average molecular weight is 429 g/mol. The average Bonchev–Trinajstić information content (AvgIpc) is 2.76. The molecule has 6 heteroatoms. The Morgan fingerprint density at radius 3 is 2.30 bits per heavy atom. The predicted molar refractivity (Wildman–Crippen MR) is 122 cm³/mol. The highest BCUT2D eigenvalue weighted by Gasteiger charge is 2.40. The van der Waals surface area contributed by atoms with E-state index in [1.807, 2.05) is 32.9 Å². The highest BCUT2D eigenvalue weighted by Crippen LogP contribution is 2.44. The van der Waals surface area contributed by atoms with Crippen LogP contribution in [-0.4, -0.2) is 46.8 Å². The largest absolute Gasteiger partial charge is 0.507 e. The van der Waals surface area contributed by atoms with E-state index in [0.717, 1.165) is 77.7 Å². The lowest BCUT2D eigenvalue weighted by Crippen LogP contribution is -2.57. The van der Waals surface area contributed by atoms with Gasteiger partial charge in [-0.15, -0.1) is 0 Å². The third-order valence-corrected chi connectivity index (χ3v) is 7.42. The Balaban J connectivity index is 1.49. The molecule has 4 rings (SSSR count). The second-order valence-corrected chi connectivity index (χ2v) is 9.01. The van der Waals surface area contributed by atoms with Gasteiger partial charge in [-0.2, -0.15) is 0 Å². The van der Waals surface area contributed by atoms with E-state index >= 15 is 0 Å². The van der Waals surface area contributed by atoms with Crippen molar-refractivity contribution in [3.63, 3.8) is 0 Å². The van der Waals surface area contributed by atoms with Crippen molar-refractivity contribution in [2.75, 3.05) is 31.1 Å². The molecule has 0 saturated carbocycles. The number of halogens is 1. The molecule has 2 aromatic rings. The molecule has 1 fully saturated rings. The fourth-order valence-electron chi connectivity index (χ4n) is 4.55. The molecule has 2 aliphatic heterocycles. The maximum atomic E-state index is 13.2. The van der Waals surface area contributed by atoms with E-state index in [2.05, 4.69) is 16.7 Å². The molecule has 30 heavy (non-hydrogen) atoms. The van der Waals surface area contributed by atoms with Gasteiger partial charge in [0.15, 0.2) is 5.60 Å². The van der Waals surface area contributed by atoms with Gasteiger partial charge < -0.3 is 19.6 Å². The van der Waals surface area contributed by atoms with Gasteiger partial charge in [-0.05, 0) is 81.5 Å². The quantitative estimate of drug-likeness (QED) is 0.702. The number of hydrogen-bond donors (Lipinski definition) is 1.